The Morgan fingerprint density at radius 2 is 1.87 bits per heavy atom. The zero-order valence-corrected chi connectivity index (χ0v) is 8.48. The number of halogens is 3. The SMILES string of the molecule is CN(C(=O)C(F)(F)F)C1(C(=O)O)CSC1. The third-order valence-electron chi connectivity index (χ3n) is 2.27. The van der Waals surface area contributed by atoms with Gasteiger partial charge < -0.3 is 10.0 Å². The second kappa shape index (κ2) is 3.58. The number of hydrogen-bond donors (Lipinski definition) is 1. The molecule has 0 aromatic carbocycles. The number of rotatable bonds is 2. The Bertz CT molecular complexity index is 300. The van der Waals surface area contributed by atoms with E-state index in [9.17, 15) is 22.8 Å². The van der Waals surface area contributed by atoms with E-state index in [2.05, 4.69) is 0 Å². The Hall–Kier alpha value is -0.920. The van der Waals surface area contributed by atoms with E-state index in [1.807, 2.05) is 0 Å². The molecule has 1 amide bonds. The molecule has 0 radical (unpaired) electrons. The minimum Gasteiger partial charge on any atom is -0.479 e. The average Bonchev–Trinajstić information content (AvgIpc) is 1.97. The molecule has 1 saturated heterocycles. The molecule has 1 N–H and O–H groups in total. The van der Waals surface area contributed by atoms with Gasteiger partial charge in [0.05, 0.1) is 0 Å². The lowest BCUT2D eigenvalue weighted by molar-refractivity contribution is -0.191. The number of amides is 1. The van der Waals surface area contributed by atoms with Crippen LogP contribution in [0, 0.1) is 0 Å². The first-order valence-corrected chi connectivity index (χ1v) is 5.03. The fourth-order valence-electron chi connectivity index (χ4n) is 1.14. The van der Waals surface area contributed by atoms with Gasteiger partial charge in [-0.3, -0.25) is 4.79 Å². The van der Waals surface area contributed by atoms with Crippen LogP contribution in [-0.2, 0) is 9.59 Å². The van der Waals surface area contributed by atoms with E-state index in [0.717, 1.165) is 7.05 Å². The molecule has 0 saturated carbocycles. The summed E-state index contributed by atoms with van der Waals surface area (Å²) in [6.45, 7) is 0. The molecule has 1 heterocycles. The minimum absolute atomic E-state index is 0.0132. The van der Waals surface area contributed by atoms with Gasteiger partial charge >= 0.3 is 18.1 Å². The number of aliphatic carboxylic acids is 1. The summed E-state index contributed by atoms with van der Waals surface area (Å²) in [7, 11) is 0.865. The highest BCUT2D eigenvalue weighted by Gasteiger charge is 2.55. The highest BCUT2D eigenvalue weighted by Crippen LogP contribution is 2.36. The van der Waals surface area contributed by atoms with Crippen molar-refractivity contribution in [3.8, 4) is 0 Å². The predicted octanol–water partition coefficient (Wildman–Crippen LogP) is 0.577. The van der Waals surface area contributed by atoms with Gasteiger partial charge in [0.1, 0.15) is 0 Å². The van der Waals surface area contributed by atoms with Crippen molar-refractivity contribution in [3.63, 3.8) is 0 Å². The molecule has 0 aromatic heterocycles. The third kappa shape index (κ3) is 1.90. The lowest BCUT2D eigenvalue weighted by Crippen LogP contribution is -2.65. The molecule has 0 atom stereocenters. The van der Waals surface area contributed by atoms with E-state index in [4.69, 9.17) is 5.11 Å². The summed E-state index contributed by atoms with van der Waals surface area (Å²) in [4.78, 5) is 21.9. The number of likely N-dealkylation sites (N-methyl/N-ethyl adjacent to an activating group) is 1. The van der Waals surface area contributed by atoms with Crippen molar-refractivity contribution in [3.05, 3.63) is 0 Å². The molecule has 1 fully saturated rings. The molecule has 86 valence electrons. The highest BCUT2D eigenvalue weighted by molar-refractivity contribution is 8.01. The number of carboxylic acids is 1. The zero-order valence-electron chi connectivity index (χ0n) is 7.67. The topological polar surface area (TPSA) is 57.6 Å². The van der Waals surface area contributed by atoms with Crippen molar-refractivity contribution >= 4 is 23.6 Å². The third-order valence-corrected chi connectivity index (χ3v) is 3.63. The molecule has 0 bridgehead atoms. The zero-order chi connectivity index (χ0) is 11.9. The van der Waals surface area contributed by atoms with E-state index in [-0.39, 0.29) is 16.4 Å². The standard InChI is InChI=1S/C7H8F3NO3S/c1-11(4(12)7(8,9)10)6(5(13)14)2-15-3-6/h2-3H2,1H3,(H,13,14). The quantitative estimate of drug-likeness (QED) is 0.770. The first-order chi connectivity index (χ1) is 6.72. The summed E-state index contributed by atoms with van der Waals surface area (Å²) >= 11 is 1.19. The van der Waals surface area contributed by atoms with E-state index < -0.39 is 23.6 Å². The normalized spacial score (nSPS) is 19.2. The molecule has 8 heteroatoms. The summed E-state index contributed by atoms with van der Waals surface area (Å²) in [5.41, 5.74) is -1.70. The van der Waals surface area contributed by atoms with Crippen molar-refractivity contribution in [1.82, 2.24) is 4.90 Å². The molecule has 0 aliphatic carbocycles. The van der Waals surface area contributed by atoms with Gasteiger partial charge in [-0.25, -0.2) is 4.79 Å². The lowest BCUT2D eigenvalue weighted by atomic mass is 10.0. The first-order valence-electron chi connectivity index (χ1n) is 3.88. The second-order valence-electron chi connectivity index (χ2n) is 3.19. The van der Waals surface area contributed by atoms with Crippen molar-refractivity contribution < 1.29 is 27.9 Å². The van der Waals surface area contributed by atoms with Gasteiger partial charge in [-0.1, -0.05) is 0 Å². The maximum Gasteiger partial charge on any atom is 0.471 e. The Kier molecular flexibility index (Phi) is 2.90. The number of carbonyl (C=O) groups excluding carboxylic acids is 1. The summed E-state index contributed by atoms with van der Waals surface area (Å²) < 4.78 is 36.2. The van der Waals surface area contributed by atoms with Crippen molar-refractivity contribution in [2.45, 2.75) is 11.7 Å². The van der Waals surface area contributed by atoms with Gasteiger partial charge in [-0.05, 0) is 0 Å². The van der Waals surface area contributed by atoms with Crippen LogP contribution in [0.3, 0.4) is 0 Å². The van der Waals surface area contributed by atoms with Gasteiger partial charge in [-0.15, -0.1) is 0 Å². The average molecular weight is 243 g/mol. The molecule has 15 heavy (non-hydrogen) atoms. The fraction of sp³-hybridized carbons (Fsp3) is 0.714. The number of carboxylic acid groups (broad SMARTS) is 1. The first kappa shape index (κ1) is 12.2. The number of nitrogens with zero attached hydrogens (tertiary/aromatic N) is 1. The molecule has 1 rings (SSSR count). The number of carbonyl (C=O) groups is 2. The maximum atomic E-state index is 12.1. The Morgan fingerprint density at radius 3 is 2.07 bits per heavy atom. The summed E-state index contributed by atoms with van der Waals surface area (Å²) in [5.74, 6) is -3.55. The lowest BCUT2D eigenvalue weighted by Gasteiger charge is -2.44. The molecule has 0 spiro atoms. The van der Waals surface area contributed by atoms with Crippen LogP contribution in [0.1, 0.15) is 0 Å². The monoisotopic (exact) mass is 243 g/mol. The summed E-state index contributed by atoms with van der Waals surface area (Å²) in [5, 5.41) is 8.79. The Morgan fingerprint density at radius 1 is 1.40 bits per heavy atom. The Labute approximate surface area is 87.4 Å². The van der Waals surface area contributed by atoms with Crippen molar-refractivity contribution in [2.24, 2.45) is 0 Å². The second-order valence-corrected chi connectivity index (χ2v) is 4.18. The minimum atomic E-state index is -5.03. The van der Waals surface area contributed by atoms with Crippen LogP contribution < -0.4 is 0 Å². The van der Waals surface area contributed by atoms with E-state index in [1.165, 1.54) is 11.8 Å². The predicted molar refractivity (Wildman–Crippen MR) is 46.5 cm³/mol. The van der Waals surface area contributed by atoms with Gasteiger partial charge in [0.15, 0.2) is 5.54 Å². The number of thioether (sulfide) groups is 1. The van der Waals surface area contributed by atoms with Crippen molar-refractivity contribution in [1.29, 1.82) is 0 Å². The molecule has 4 nitrogen and oxygen atoms in total. The molecule has 0 aromatic rings. The number of hydrogen-bond acceptors (Lipinski definition) is 3. The van der Waals surface area contributed by atoms with Crippen LogP contribution in [0.25, 0.3) is 0 Å². The molecular formula is C7H8F3NO3S. The molecule has 1 aliphatic heterocycles. The molecule has 1 aliphatic rings. The van der Waals surface area contributed by atoms with Crippen LogP contribution >= 0.6 is 11.8 Å². The van der Waals surface area contributed by atoms with Gasteiger partial charge in [0.25, 0.3) is 0 Å². The van der Waals surface area contributed by atoms with Crippen LogP contribution in [0.4, 0.5) is 13.2 Å². The van der Waals surface area contributed by atoms with Crippen LogP contribution in [0.5, 0.6) is 0 Å². The molecule has 0 unspecified atom stereocenters. The molecular weight excluding hydrogens is 235 g/mol. The Balaban J connectivity index is 2.88. The maximum absolute atomic E-state index is 12.1. The largest absolute Gasteiger partial charge is 0.479 e. The van der Waals surface area contributed by atoms with Crippen LogP contribution in [-0.4, -0.2) is 52.2 Å². The fourth-order valence-corrected chi connectivity index (χ4v) is 2.37. The van der Waals surface area contributed by atoms with E-state index in [1.54, 1.807) is 0 Å². The van der Waals surface area contributed by atoms with Crippen LogP contribution in [0.2, 0.25) is 0 Å². The summed E-state index contributed by atoms with van der Waals surface area (Å²) in [6.07, 6.45) is -5.03. The van der Waals surface area contributed by atoms with Crippen LogP contribution in [0.15, 0.2) is 0 Å². The van der Waals surface area contributed by atoms with Crippen molar-refractivity contribution in [2.75, 3.05) is 18.6 Å². The van der Waals surface area contributed by atoms with Gasteiger partial charge in [0, 0.05) is 18.6 Å². The van der Waals surface area contributed by atoms with E-state index >= 15 is 0 Å². The van der Waals surface area contributed by atoms with Gasteiger partial charge in [0.2, 0.25) is 0 Å². The summed E-state index contributed by atoms with van der Waals surface area (Å²) in [6, 6.07) is 0. The highest BCUT2D eigenvalue weighted by atomic mass is 32.2. The van der Waals surface area contributed by atoms with Gasteiger partial charge in [-0.2, -0.15) is 24.9 Å². The number of alkyl halides is 3. The smallest absolute Gasteiger partial charge is 0.471 e. The van der Waals surface area contributed by atoms with E-state index in [0.29, 0.717) is 0 Å².